The normalized spacial score (nSPS) is 12.5. The second-order valence-electron chi connectivity index (χ2n) is 6.72. The van der Waals surface area contributed by atoms with Gasteiger partial charge in [-0.25, -0.2) is 4.98 Å². The SMILES string of the molecule is CCn1c(SCC(=O)NCC(c2ccccc2Cl)N(C)C)nc2ccccc21. The number of likely N-dealkylation sites (N-methyl/N-ethyl adjacent to an activating group) is 1. The summed E-state index contributed by atoms with van der Waals surface area (Å²) in [4.78, 5) is 19.2. The summed E-state index contributed by atoms with van der Waals surface area (Å²) in [6, 6.07) is 15.8. The van der Waals surface area contributed by atoms with Crippen molar-refractivity contribution in [3.8, 4) is 0 Å². The molecule has 5 nitrogen and oxygen atoms in total. The first kappa shape index (κ1) is 20.7. The standard InChI is InChI=1S/C21H25ClN4OS/c1-4-26-18-12-8-7-11-17(18)24-21(26)28-14-20(27)23-13-19(25(2)3)15-9-5-6-10-16(15)22/h5-12,19H,4,13-14H2,1-3H3,(H,23,27). The number of thioether (sulfide) groups is 1. The number of benzene rings is 2. The molecule has 0 fully saturated rings. The summed E-state index contributed by atoms with van der Waals surface area (Å²) in [5, 5.41) is 4.61. The van der Waals surface area contributed by atoms with Gasteiger partial charge < -0.3 is 14.8 Å². The summed E-state index contributed by atoms with van der Waals surface area (Å²) in [5.74, 6) is 0.310. The van der Waals surface area contributed by atoms with Gasteiger partial charge in [-0.3, -0.25) is 4.79 Å². The van der Waals surface area contributed by atoms with Crippen LogP contribution in [0.5, 0.6) is 0 Å². The molecule has 0 radical (unpaired) electrons. The van der Waals surface area contributed by atoms with Crippen molar-refractivity contribution in [3.63, 3.8) is 0 Å². The zero-order chi connectivity index (χ0) is 20.1. The van der Waals surface area contributed by atoms with Crippen LogP contribution in [0.3, 0.4) is 0 Å². The average Bonchev–Trinajstić information content (AvgIpc) is 3.05. The van der Waals surface area contributed by atoms with Gasteiger partial charge in [-0.15, -0.1) is 0 Å². The highest BCUT2D eigenvalue weighted by atomic mass is 35.5. The van der Waals surface area contributed by atoms with E-state index >= 15 is 0 Å². The second-order valence-corrected chi connectivity index (χ2v) is 8.07. The number of hydrogen-bond donors (Lipinski definition) is 1. The highest BCUT2D eigenvalue weighted by Crippen LogP contribution is 2.26. The van der Waals surface area contributed by atoms with Crippen LogP contribution in [-0.2, 0) is 11.3 Å². The monoisotopic (exact) mass is 416 g/mol. The molecule has 148 valence electrons. The predicted octanol–water partition coefficient (Wildman–Crippen LogP) is 4.22. The molecule has 1 unspecified atom stereocenters. The van der Waals surface area contributed by atoms with Gasteiger partial charge in [0.2, 0.25) is 5.91 Å². The van der Waals surface area contributed by atoms with Crippen LogP contribution in [0.25, 0.3) is 11.0 Å². The molecule has 3 aromatic rings. The molecule has 0 aliphatic carbocycles. The van der Waals surface area contributed by atoms with E-state index in [1.165, 1.54) is 11.8 Å². The van der Waals surface area contributed by atoms with E-state index in [9.17, 15) is 4.79 Å². The van der Waals surface area contributed by atoms with Crippen molar-refractivity contribution in [2.24, 2.45) is 0 Å². The number of rotatable bonds is 8. The number of carbonyl (C=O) groups excluding carboxylic acids is 1. The van der Waals surface area contributed by atoms with E-state index in [0.29, 0.717) is 17.3 Å². The van der Waals surface area contributed by atoms with Gasteiger partial charge in [0.15, 0.2) is 5.16 Å². The van der Waals surface area contributed by atoms with Crippen molar-refractivity contribution < 1.29 is 4.79 Å². The van der Waals surface area contributed by atoms with Crippen molar-refractivity contribution >= 4 is 40.3 Å². The van der Waals surface area contributed by atoms with Crippen LogP contribution in [0.1, 0.15) is 18.5 Å². The van der Waals surface area contributed by atoms with Crippen molar-refractivity contribution in [2.75, 3.05) is 26.4 Å². The minimum Gasteiger partial charge on any atom is -0.353 e. The highest BCUT2D eigenvalue weighted by Gasteiger charge is 2.18. The molecule has 1 N–H and O–H groups in total. The number of halogens is 1. The van der Waals surface area contributed by atoms with Crippen LogP contribution < -0.4 is 5.32 Å². The number of para-hydroxylation sites is 2. The zero-order valence-corrected chi connectivity index (χ0v) is 17.9. The van der Waals surface area contributed by atoms with Crippen molar-refractivity contribution in [2.45, 2.75) is 24.7 Å². The Labute approximate surface area is 175 Å². The van der Waals surface area contributed by atoms with E-state index in [-0.39, 0.29) is 11.9 Å². The first-order valence-corrected chi connectivity index (χ1v) is 10.6. The number of imidazole rings is 1. The van der Waals surface area contributed by atoms with Gasteiger partial charge in [0.1, 0.15) is 0 Å². The average molecular weight is 417 g/mol. The Morgan fingerprint density at radius 3 is 2.64 bits per heavy atom. The number of amides is 1. The van der Waals surface area contributed by atoms with Gasteiger partial charge >= 0.3 is 0 Å². The molecule has 0 saturated heterocycles. The molecular formula is C21H25ClN4OS. The van der Waals surface area contributed by atoms with Crippen molar-refractivity contribution in [1.82, 2.24) is 19.8 Å². The molecule has 0 spiro atoms. The fourth-order valence-corrected chi connectivity index (χ4v) is 4.35. The van der Waals surface area contributed by atoms with E-state index in [1.54, 1.807) is 0 Å². The van der Waals surface area contributed by atoms with Crippen LogP contribution >= 0.6 is 23.4 Å². The second kappa shape index (κ2) is 9.45. The van der Waals surface area contributed by atoms with Crippen LogP contribution in [-0.4, -0.2) is 46.8 Å². The predicted molar refractivity (Wildman–Crippen MR) is 117 cm³/mol. The van der Waals surface area contributed by atoms with E-state index in [1.807, 2.05) is 56.6 Å². The van der Waals surface area contributed by atoms with Gasteiger partial charge in [-0.05, 0) is 44.8 Å². The third kappa shape index (κ3) is 4.69. The van der Waals surface area contributed by atoms with Gasteiger partial charge in [0.05, 0.1) is 22.8 Å². The summed E-state index contributed by atoms with van der Waals surface area (Å²) >= 11 is 7.80. The summed E-state index contributed by atoms with van der Waals surface area (Å²) < 4.78 is 2.14. The molecule has 1 aromatic heterocycles. The number of hydrogen-bond acceptors (Lipinski definition) is 4. The molecule has 3 rings (SSSR count). The molecule has 0 aliphatic rings. The molecule has 0 bridgehead atoms. The van der Waals surface area contributed by atoms with Crippen LogP contribution in [0, 0.1) is 0 Å². The molecular weight excluding hydrogens is 392 g/mol. The lowest BCUT2D eigenvalue weighted by atomic mass is 10.1. The lowest BCUT2D eigenvalue weighted by molar-refractivity contribution is -0.118. The topological polar surface area (TPSA) is 50.2 Å². The Morgan fingerprint density at radius 1 is 1.21 bits per heavy atom. The Balaban J connectivity index is 1.62. The van der Waals surface area contributed by atoms with Crippen LogP contribution in [0.2, 0.25) is 5.02 Å². The molecule has 28 heavy (non-hydrogen) atoms. The Morgan fingerprint density at radius 2 is 1.93 bits per heavy atom. The smallest absolute Gasteiger partial charge is 0.230 e. The summed E-state index contributed by atoms with van der Waals surface area (Å²) in [6.45, 7) is 3.41. The quantitative estimate of drug-likeness (QED) is 0.558. The number of nitrogens with one attached hydrogen (secondary N) is 1. The number of aryl methyl sites for hydroxylation is 1. The minimum atomic E-state index is -0.0152. The van der Waals surface area contributed by atoms with E-state index < -0.39 is 0 Å². The summed E-state index contributed by atoms with van der Waals surface area (Å²) in [7, 11) is 3.97. The fraction of sp³-hybridized carbons (Fsp3) is 0.333. The largest absolute Gasteiger partial charge is 0.353 e. The summed E-state index contributed by atoms with van der Waals surface area (Å²) in [6.07, 6.45) is 0. The van der Waals surface area contributed by atoms with Crippen LogP contribution in [0.15, 0.2) is 53.7 Å². The van der Waals surface area contributed by atoms with Crippen molar-refractivity contribution in [1.29, 1.82) is 0 Å². The third-order valence-electron chi connectivity index (χ3n) is 4.65. The summed E-state index contributed by atoms with van der Waals surface area (Å²) in [5.41, 5.74) is 3.06. The highest BCUT2D eigenvalue weighted by molar-refractivity contribution is 7.99. The maximum Gasteiger partial charge on any atom is 0.230 e. The lowest BCUT2D eigenvalue weighted by Gasteiger charge is -2.26. The van der Waals surface area contributed by atoms with Gasteiger partial charge in [-0.1, -0.05) is 53.7 Å². The number of carbonyl (C=O) groups is 1. The molecule has 1 atom stereocenters. The first-order chi connectivity index (χ1) is 13.5. The maximum absolute atomic E-state index is 12.5. The van der Waals surface area contributed by atoms with Crippen LogP contribution in [0.4, 0.5) is 0 Å². The molecule has 1 amide bonds. The van der Waals surface area contributed by atoms with Gasteiger partial charge in [-0.2, -0.15) is 0 Å². The minimum absolute atomic E-state index is 0.0152. The number of aromatic nitrogens is 2. The molecule has 0 aliphatic heterocycles. The maximum atomic E-state index is 12.5. The molecule has 0 saturated carbocycles. The molecule has 7 heteroatoms. The van der Waals surface area contributed by atoms with Gasteiger partial charge in [0.25, 0.3) is 0 Å². The zero-order valence-electron chi connectivity index (χ0n) is 16.4. The molecule has 1 heterocycles. The first-order valence-electron chi connectivity index (χ1n) is 9.27. The lowest BCUT2D eigenvalue weighted by Crippen LogP contribution is -2.35. The number of fused-ring (bicyclic) bond motifs is 1. The van der Waals surface area contributed by atoms with Crippen molar-refractivity contribution in [3.05, 3.63) is 59.1 Å². The van der Waals surface area contributed by atoms with Gasteiger partial charge in [0, 0.05) is 18.1 Å². The fourth-order valence-electron chi connectivity index (χ4n) is 3.18. The Kier molecular flexibility index (Phi) is 6.99. The Hall–Kier alpha value is -2.02. The third-order valence-corrected chi connectivity index (χ3v) is 5.97. The van der Waals surface area contributed by atoms with E-state index in [2.05, 4.69) is 32.8 Å². The van der Waals surface area contributed by atoms with E-state index in [4.69, 9.17) is 11.6 Å². The number of nitrogens with zero attached hydrogens (tertiary/aromatic N) is 3. The molecule has 2 aromatic carbocycles. The van der Waals surface area contributed by atoms with E-state index in [0.717, 1.165) is 28.3 Å². The Bertz CT molecular complexity index is 956.